The van der Waals surface area contributed by atoms with Crippen molar-refractivity contribution in [1.29, 1.82) is 0 Å². The Balaban J connectivity index is 2.53. The summed E-state index contributed by atoms with van der Waals surface area (Å²) in [6.45, 7) is 0. The van der Waals surface area contributed by atoms with Gasteiger partial charge in [-0.25, -0.2) is 18.5 Å². The van der Waals surface area contributed by atoms with Gasteiger partial charge in [-0.3, -0.25) is 0 Å². The second-order valence-corrected chi connectivity index (χ2v) is 5.95. The van der Waals surface area contributed by atoms with Crippen LogP contribution in [0.1, 0.15) is 5.56 Å². The van der Waals surface area contributed by atoms with Crippen LogP contribution in [0.4, 0.5) is 13.2 Å². The molecule has 21 heavy (non-hydrogen) atoms. The molecule has 0 fully saturated rings. The molecule has 0 unspecified atom stereocenters. The Bertz CT molecular complexity index is 770. The lowest BCUT2D eigenvalue weighted by molar-refractivity contribution is -0.139. The molecule has 0 bridgehead atoms. The third-order valence-electron chi connectivity index (χ3n) is 2.42. The lowest BCUT2D eigenvalue weighted by Crippen LogP contribution is -2.09. The molecule has 0 aromatic carbocycles. The SMILES string of the molecule is COc1ncc(-c2n[nH]c(S(C)(=O)=O)n2)cc1C(F)(F)F. The van der Waals surface area contributed by atoms with Crippen molar-refractivity contribution < 1.29 is 26.3 Å². The van der Waals surface area contributed by atoms with Crippen LogP contribution in [-0.4, -0.2) is 41.9 Å². The monoisotopic (exact) mass is 322 g/mol. The quantitative estimate of drug-likeness (QED) is 0.914. The number of nitrogens with zero attached hydrogens (tertiary/aromatic N) is 3. The van der Waals surface area contributed by atoms with Crippen molar-refractivity contribution in [3.63, 3.8) is 0 Å². The average molecular weight is 322 g/mol. The fraction of sp³-hybridized carbons (Fsp3) is 0.300. The predicted molar refractivity (Wildman–Crippen MR) is 64.3 cm³/mol. The number of methoxy groups -OCH3 is 1. The molecule has 7 nitrogen and oxygen atoms in total. The van der Waals surface area contributed by atoms with Crippen molar-refractivity contribution in [2.75, 3.05) is 13.4 Å². The van der Waals surface area contributed by atoms with E-state index < -0.39 is 32.6 Å². The van der Waals surface area contributed by atoms with Gasteiger partial charge in [-0.05, 0) is 6.07 Å². The first-order valence-corrected chi connectivity index (χ1v) is 7.26. The molecule has 0 saturated carbocycles. The first kappa shape index (κ1) is 15.2. The van der Waals surface area contributed by atoms with Crippen molar-refractivity contribution in [3.05, 3.63) is 17.8 Å². The highest BCUT2D eigenvalue weighted by atomic mass is 32.2. The number of ether oxygens (including phenoxy) is 1. The van der Waals surface area contributed by atoms with E-state index in [1.807, 2.05) is 0 Å². The van der Waals surface area contributed by atoms with E-state index in [4.69, 9.17) is 0 Å². The Morgan fingerprint density at radius 2 is 2.00 bits per heavy atom. The van der Waals surface area contributed by atoms with Crippen LogP contribution in [0.2, 0.25) is 0 Å². The van der Waals surface area contributed by atoms with Gasteiger partial charge in [-0.2, -0.15) is 23.3 Å². The molecule has 2 aromatic heterocycles. The van der Waals surface area contributed by atoms with Gasteiger partial charge >= 0.3 is 6.18 Å². The third kappa shape index (κ3) is 3.12. The third-order valence-corrected chi connectivity index (χ3v) is 3.31. The first-order chi connectivity index (χ1) is 9.63. The van der Waals surface area contributed by atoms with Gasteiger partial charge < -0.3 is 4.74 Å². The largest absolute Gasteiger partial charge is 0.481 e. The van der Waals surface area contributed by atoms with Crippen LogP contribution in [0, 0.1) is 0 Å². The number of pyridine rings is 1. The Hall–Kier alpha value is -2.17. The minimum Gasteiger partial charge on any atom is -0.481 e. The van der Waals surface area contributed by atoms with Crippen LogP contribution in [0.3, 0.4) is 0 Å². The number of rotatable bonds is 3. The molecule has 11 heteroatoms. The maximum Gasteiger partial charge on any atom is 0.421 e. The number of alkyl halides is 3. The number of sulfone groups is 1. The molecule has 0 saturated heterocycles. The van der Waals surface area contributed by atoms with E-state index in [9.17, 15) is 21.6 Å². The van der Waals surface area contributed by atoms with Gasteiger partial charge in [0.2, 0.25) is 20.9 Å². The van der Waals surface area contributed by atoms with Crippen molar-refractivity contribution in [3.8, 4) is 17.3 Å². The zero-order chi connectivity index (χ0) is 15.8. The van der Waals surface area contributed by atoms with E-state index in [1.165, 1.54) is 0 Å². The Labute approximate surface area is 117 Å². The fourth-order valence-electron chi connectivity index (χ4n) is 1.48. The molecule has 0 aliphatic heterocycles. The van der Waals surface area contributed by atoms with Crippen LogP contribution in [-0.2, 0) is 16.0 Å². The molecular weight excluding hydrogens is 313 g/mol. The second kappa shape index (κ2) is 4.98. The van der Waals surface area contributed by atoms with Gasteiger partial charge in [-0.15, -0.1) is 0 Å². The molecule has 0 radical (unpaired) electrons. The number of aromatic nitrogens is 4. The van der Waals surface area contributed by atoms with Gasteiger partial charge in [0.1, 0.15) is 5.56 Å². The number of halogens is 3. The Morgan fingerprint density at radius 1 is 1.33 bits per heavy atom. The summed E-state index contributed by atoms with van der Waals surface area (Å²) in [5.41, 5.74) is -1.19. The highest BCUT2D eigenvalue weighted by molar-refractivity contribution is 7.90. The maximum atomic E-state index is 12.9. The molecular formula is C10H9F3N4O3S. The highest BCUT2D eigenvalue weighted by Gasteiger charge is 2.36. The van der Waals surface area contributed by atoms with Gasteiger partial charge in [0.05, 0.1) is 7.11 Å². The first-order valence-electron chi connectivity index (χ1n) is 5.37. The summed E-state index contributed by atoms with van der Waals surface area (Å²) in [7, 11) is -2.58. The summed E-state index contributed by atoms with van der Waals surface area (Å²) >= 11 is 0. The lowest BCUT2D eigenvalue weighted by atomic mass is 10.2. The molecule has 114 valence electrons. The molecule has 0 aliphatic rings. The van der Waals surface area contributed by atoms with E-state index in [2.05, 4.69) is 24.9 Å². The molecule has 2 aromatic rings. The van der Waals surface area contributed by atoms with E-state index in [0.29, 0.717) is 0 Å². The maximum absolute atomic E-state index is 12.9. The molecule has 0 spiro atoms. The molecule has 2 rings (SSSR count). The minimum absolute atomic E-state index is 0.0886. The van der Waals surface area contributed by atoms with Crippen molar-refractivity contribution >= 4 is 9.84 Å². The van der Waals surface area contributed by atoms with Crippen LogP contribution in [0.5, 0.6) is 5.88 Å². The van der Waals surface area contributed by atoms with Gasteiger partial charge in [0.25, 0.3) is 0 Å². The van der Waals surface area contributed by atoms with E-state index in [1.54, 1.807) is 0 Å². The average Bonchev–Trinajstić information content (AvgIpc) is 2.86. The van der Waals surface area contributed by atoms with Crippen LogP contribution < -0.4 is 4.74 Å². The smallest absolute Gasteiger partial charge is 0.421 e. The molecule has 2 heterocycles. The lowest BCUT2D eigenvalue weighted by Gasteiger charge is -2.11. The summed E-state index contributed by atoms with van der Waals surface area (Å²) in [4.78, 5) is 7.15. The number of H-pyrrole nitrogens is 1. The number of hydrogen-bond donors (Lipinski definition) is 1. The number of nitrogens with one attached hydrogen (secondary N) is 1. The summed E-state index contributed by atoms with van der Waals surface area (Å²) < 4.78 is 65.6. The van der Waals surface area contributed by atoms with Crippen LogP contribution in [0.25, 0.3) is 11.4 Å². The van der Waals surface area contributed by atoms with E-state index in [0.717, 1.165) is 25.6 Å². The fourth-order valence-corrected chi connectivity index (χ4v) is 1.95. The molecule has 1 N–H and O–H groups in total. The van der Waals surface area contributed by atoms with Crippen LogP contribution in [0.15, 0.2) is 17.4 Å². The molecule has 0 aliphatic carbocycles. The molecule has 0 amide bonds. The summed E-state index contributed by atoms with van der Waals surface area (Å²) in [6, 6.07) is 0.737. The number of hydrogen-bond acceptors (Lipinski definition) is 6. The van der Waals surface area contributed by atoms with Crippen molar-refractivity contribution in [2.45, 2.75) is 11.3 Å². The Morgan fingerprint density at radius 3 is 2.48 bits per heavy atom. The highest BCUT2D eigenvalue weighted by Crippen LogP contribution is 2.36. The topological polar surface area (TPSA) is 97.8 Å². The minimum atomic E-state index is -4.68. The van der Waals surface area contributed by atoms with Gasteiger partial charge in [0.15, 0.2) is 5.82 Å². The summed E-state index contributed by atoms with van der Waals surface area (Å²) in [5, 5.41) is 5.27. The van der Waals surface area contributed by atoms with E-state index >= 15 is 0 Å². The van der Waals surface area contributed by atoms with E-state index in [-0.39, 0.29) is 11.4 Å². The molecule has 0 atom stereocenters. The number of aromatic amines is 1. The van der Waals surface area contributed by atoms with Crippen LogP contribution >= 0.6 is 0 Å². The van der Waals surface area contributed by atoms with Gasteiger partial charge in [0, 0.05) is 18.0 Å². The zero-order valence-corrected chi connectivity index (χ0v) is 11.6. The zero-order valence-electron chi connectivity index (χ0n) is 10.8. The normalized spacial score (nSPS) is 12.4. The Kier molecular flexibility index (Phi) is 3.61. The predicted octanol–water partition coefficient (Wildman–Crippen LogP) is 1.30. The van der Waals surface area contributed by atoms with Crippen molar-refractivity contribution in [1.82, 2.24) is 20.2 Å². The standard InChI is InChI=1S/C10H9F3N4O3S/c1-20-8-6(10(11,12)13)3-5(4-14-8)7-15-9(17-16-7)21(2,18)19/h3-4H,1-2H3,(H,15,16,17). The van der Waals surface area contributed by atoms with Gasteiger partial charge in [-0.1, -0.05) is 0 Å². The summed E-state index contributed by atoms with van der Waals surface area (Å²) in [6.07, 6.45) is -2.72. The second-order valence-electron chi connectivity index (χ2n) is 4.01. The van der Waals surface area contributed by atoms with Crippen molar-refractivity contribution in [2.24, 2.45) is 0 Å². The summed E-state index contributed by atoms with van der Waals surface area (Å²) in [5.74, 6) is -0.804.